The number of nitrogens with two attached hydrogens (primary N) is 2. The molecule has 6 heteroatoms. The fourth-order valence-electron chi connectivity index (χ4n) is 2.37. The number of rotatable bonds is 3. The summed E-state index contributed by atoms with van der Waals surface area (Å²) in [4.78, 5) is 24.3. The first kappa shape index (κ1) is 13.2. The molecule has 1 amide bonds. The Labute approximate surface area is 111 Å². The van der Waals surface area contributed by atoms with E-state index in [-0.39, 0.29) is 23.1 Å². The zero-order chi connectivity index (χ0) is 14.2. The Morgan fingerprint density at radius 1 is 1.42 bits per heavy atom. The number of carbonyl (C=O) groups is 2. The fourth-order valence-corrected chi connectivity index (χ4v) is 2.37. The molecule has 1 aliphatic heterocycles. The van der Waals surface area contributed by atoms with Crippen LogP contribution in [0.5, 0.6) is 0 Å². The highest BCUT2D eigenvalue weighted by molar-refractivity contribution is 5.96. The number of hydrogen-bond acceptors (Lipinski definition) is 4. The zero-order valence-corrected chi connectivity index (χ0v) is 10.7. The standard InChI is InChI=1S/C13H17N3O3/c1-7-4-9(5-10(11(7)14)13(18)19)16-3-2-8(6-16)12(15)17/h4-5,8H,2-3,6,14H2,1H3,(H2,15,17)(H,18,19). The molecule has 1 aromatic rings. The highest BCUT2D eigenvalue weighted by atomic mass is 16.4. The molecule has 1 atom stereocenters. The van der Waals surface area contributed by atoms with Crippen molar-refractivity contribution in [1.29, 1.82) is 0 Å². The Kier molecular flexibility index (Phi) is 3.33. The molecule has 5 N–H and O–H groups in total. The summed E-state index contributed by atoms with van der Waals surface area (Å²) < 4.78 is 0. The van der Waals surface area contributed by atoms with Crippen LogP contribution in [0.2, 0.25) is 0 Å². The second-order valence-corrected chi connectivity index (χ2v) is 4.86. The van der Waals surface area contributed by atoms with E-state index in [0.29, 0.717) is 19.5 Å². The van der Waals surface area contributed by atoms with Gasteiger partial charge in [-0.2, -0.15) is 0 Å². The van der Waals surface area contributed by atoms with Crippen molar-refractivity contribution < 1.29 is 14.7 Å². The molecule has 1 aliphatic rings. The van der Waals surface area contributed by atoms with Crippen LogP contribution >= 0.6 is 0 Å². The summed E-state index contributed by atoms with van der Waals surface area (Å²) in [6, 6.07) is 3.39. The molecular weight excluding hydrogens is 246 g/mol. The van der Waals surface area contributed by atoms with Crippen molar-refractivity contribution in [1.82, 2.24) is 0 Å². The summed E-state index contributed by atoms with van der Waals surface area (Å²) in [5.74, 6) is -1.53. The Morgan fingerprint density at radius 3 is 2.63 bits per heavy atom. The van der Waals surface area contributed by atoms with Crippen LogP contribution in [0.4, 0.5) is 11.4 Å². The predicted molar refractivity (Wildman–Crippen MR) is 72.1 cm³/mol. The predicted octanol–water partition coefficient (Wildman–Crippen LogP) is 0.587. The number of aryl methyl sites for hydroxylation is 1. The van der Waals surface area contributed by atoms with Crippen molar-refractivity contribution in [3.63, 3.8) is 0 Å². The highest BCUT2D eigenvalue weighted by Gasteiger charge is 2.27. The first-order valence-electron chi connectivity index (χ1n) is 6.08. The third-order valence-corrected chi connectivity index (χ3v) is 3.56. The van der Waals surface area contributed by atoms with E-state index in [1.165, 1.54) is 0 Å². The summed E-state index contributed by atoms with van der Waals surface area (Å²) in [5, 5.41) is 9.12. The number of primary amides is 1. The van der Waals surface area contributed by atoms with E-state index < -0.39 is 5.97 Å². The third kappa shape index (κ3) is 2.47. The van der Waals surface area contributed by atoms with Crippen LogP contribution in [0.25, 0.3) is 0 Å². The molecule has 2 rings (SSSR count). The molecule has 0 radical (unpaired) electrons. The van der Waals surface area contributed by atoms with Crippen LogP contribution < -0.4 is 16.4 Å². The van der Waals surface area contributed by atoms with E-state index in [1.54, 1.807) is 13.0 Å². The fraction of sp³-hybridized carbons (Fsp3) is 0.385. The lowest BCUT2D eigenvalue weighted by molar-refractivity contribution is -0.121. The van der Waals surface area contributed by atoms with Crippen LogP contribution in [0.1, 0.15) is 22.3 Å². The largest absolute Gasteiger partial charge is 0.478 e. The smallest absolute Gasteiger partial charge is 0.337 e. The minimum absolute atomic E-state index is 0.0949. The van der Waals surface area contributed by atoms with Gasteiger partial charge in [-0.25, -0.2) is 4.79 Å². The number of benzene rings is 1. The highest BCUT2D eigenvalue weighted by Crippen LogP contribution is 2.29. The van der Waals surface area contributed by atoms with Gasteiger partial charge in [0.2, 0.25) is 5.91 Å². The van der Waals surface area contributed by atoms with Gasteiger partial charge in [-0.15, -0.1) is 0 Å². The monoisotopic (exact) mass is 263 g/mol. The summed E-state index contributed by atoms with van der Waals surface area (Å²) in [6.07, 6.45) is 0.696. The average Bonchev–Trinajstić information content (AvgIpc) is 2.81. The molecule has 0 aliphatic carbocycles. The summed E-state index contributed by atoms with van der Waals surface area (Å²) in [5.41, 5.74) is 12.9. The van der Waals surface area contributed by atoms with Crippen LogP contribution in [-0.4, -0.2) is 30.1 Å². The molecular formula is C13H17N3O3. The van der Waals surface area contributed by atoms with E-state index in [1.807, 2.05) is 11.0 Å². The minimum atomic E-state index is -1.05. The lowest BCUT2D eigenvalue weighted by atomic mass is 10.1. The van der Waals surface area contributed by atoms with Gasteiger partial charge in [0.15, 0.2) is 0 Å². The minimum Gasteiger partial charge on any atom is -0.478 e. The maximum absolute atomic E-state index is 11.2. The van der Waals surface area contributed by atoms with E-state index >= 15 is 0 Å². The van der Waals surface area contributed by atoms with Gasteiger partial charge < -0.3 is 21.5 Å². The molecule has 1 unspecified atom stereocenters. The number of nitrogen functional groups attached to an aromatic ring is 1. The van der Waals surface area contributed by atoms with Crippen molar-refractivity contribution in [3.8, 4) is 0 Å². The lowest BCUT2D eigenvalue weighted by Gasteiger charge is -2.20. The van der Waals surface area contributed by atoms with Crippen molar-refractivity contribution in [2.75, 3.05) is 23.7 Å². The third-order valence-electron chi connectivity index (χ3n) is 3.56. The molecule has 0 spiro atoms. The summed E-state index contributed by atoms with van der Waals surface area (Å²) >= 11 is 0. The lowest BCUT2D eigenvalue weighted by Crippen LogP contribution is -2.27. The number of aromatic carboxylic acids is 1. The molecule has 0 bridgehead atoms. The van der Waals surface area contributed by atoms with Gasteiger partial charge in [0.1, 0.15) is 0 Å². The molecule has 1 saturated heterocycles. The van der Waals surface area contributed by atoms with Crippen LogP contribution in [0.3, 0.4) is 0 Å². The normalized spacial score (nSPS) is 18.6. The number of amides is 1. The number of anilines is 2. The second-order valence-electron chi connectivity index (χ2n) is 4.86. The number of carboxylic acid groups (broad SMARTS) is 1. The Bertz CT molecular complexity index is 542. The van der Waals surface area contributed by atoms with Gasteiger partial charge in [-0.3, -0.25) is 4.79 Å². The van der Waals surface area contributed by atoms with Crippen LogP contribution in [-0.2, 0) is 4.79 Å². The molecule has 1 fully saturated rings. The van der Waals surface area contributed by atoms with Crippen molar-refractivity contribution in [3.05, 3.63) is 23.3 Å². The summed E-state index contributed by atoms with van der Waals surface area (Å²) in [6.45, 7) is 2.99. The SMILES string of the molecule is Cc1cc(N2CCC(C(N)=O)C2)cc(C(=O)O)c1N. The second kappa shape index (κ2) is 4.79. The van der Waals surface area contributed by atoms with Crippen molar-refractivity contribution in [2.24, 2.45) is 11.7 Å². The average molecular weight is 263 g/mol. The van der Waals surface area contributed by atoms with Gasteiger partial charge >= 0.3 is 5.97 Å². The van der Waals surface area contributed by atoms with Gasteiger partial charge in [0, 0.05) is 24.5 Å². The van der Waals surface area contributed by atoms with Gasteiger partial charge in [0.25, 0.3) is 0 Å². The molecule has 102 valence electrons. The Hall–Kier alpha value is -2.24. The number of carboxylic acids is 1. The van der Waals surface area contributed by atoms with Gasteiger partial charge in [0.05, 0.1) is 11.5 Å². The molecule has 0 saturated carbocycles. The molecule has 0 aromatic heterocycles. The first-order chi connectivity index (χ1) is 8.90. The quantitative estimate of drug-likeness (QED) is 0.691. The Balaban J connectivity index is 2.32. The van der Waals surface area contributed by atoms with E-state index in [0.717, 1.165) is 11.3 Å². The molecule has 1 aromatic carbocycles. The number of carbonyl (C=O) groups excluding carboxylic acids is 1. The molecule has 1 heterocycles. The first-order valence-corrected chi connectivity index (χ1v) is 6.08. The van der Waals surface area contributed by atoms with Gasteiger partial charge in [-0.1, -0.05) is 0 Å². The van der Waals surface area contributed by atoms with Crippen LogP contribution in [0.15, 0.2) is 12.1 Å². The molecule has 19 heavy (non-hydrogen) atoms. The van der Waals surface area contributed by atoms with E-state index in [9.17, 15) is 9.59 Å². The van der Waals surface area contributed by atoms with Crippen molar-refractivity contribution in [2.45, 2.75) is 13.3 Å². The summed E-state index contributed by atoms with van der Waals surface area (Å²) in [7, 11) is 0. The topological polar surface area (TPSA) is 110 Å². The maximum atomic E-state index is 11.2. The van der Waals surface area contributed by atoms with E-state index in [2.05, 4.69) is 0 Å². The van der Waals surface area contributed by atoms with Gasteiger partial charge in [-0.05, 0) is 31.0 Å². The van der Waals surface area contributed by atoms with Crippen LogP contribution in [0, 0.1) is 12.8 Å². The van der Waals surface area contributed by atoms with E-state index in [4.69, 9.17) is 16.6 Å². The number of nitrogens with zero attached hydrogens (tertiary/aromatic N) is 1. The Morgan fingerprint density at radius 2 is 2.11 bits per heavy atom. The number of hydrogen-bond donors (Lipinski definition) is 3. The maximum Gasteiger partial charge on any atom is 0.337 e. The molecule has 6 nitrogen and oxygen atoms in total. The zero-order valence-electron chi connectivity index (χ0n) is 10.7. The van der Waals surface area contributed by atoms with Crippen molar-refractivity contribution >= 4 is 23.3 Å².